The van der Waals surface area contributed by atoms with Crippen LogP contribution in [0, 0.1) is 0 Å². The third-order valence-corrected chi connectivity index (χ3v) is 3.73. The van der Waals surface area contributed by atoms with Gasteiger partial charge in [0.15, 0.2) is 0 Å². The molecule has 0 aliphatic heterocycles. The van der Waals surface area contributed by atoms with Gasteiger partial charge in [-0.2, -0.15) is 0 Å². The normalized spacial score (nSPS) is 12.5. The van der Waals surface area contributed by atoms with E-state index in [-0.39, 0.29) is 6.42 Å². The Bertz CT molecular complexity index is 754. The number of carbonyl (C=O) groups excluding carboxylic acids is 1. The molecule has 0 aromatic heterocycles. The first-order valence-corrected chi connectivity index (χ1v) is 6.86. The number of esters is 1. The monoisotopic (exact) mass is 280 g/mol. The van der Waals surface area contributed by atoms with Gasteiger partial charge in [-0.3, -0.25) is 4.79 Å². The van der Waals surface area contributed by atoms with Crippen LogP contribution in [0.4, 0.5) is 0 Å². The number of fused-ring (bicyclic) bond motifs is 2. The summed E-state index contributed by atoms with van der Waals surface area (Å²) in [5.41, 5.74) is 0.786. The van der Waals surface area contributed by atoms with Gasteiger partial charge in [0.1, 0.15) is 0 Å². The largest absolute Gasteiger partial charge is 0.469 e. The van der Waals surface area contributed by atoms with Gasteiger partial charge in [-0.1, -0.05) is 48.5 Å². The van der Waals surface area contributed by atoms with Crippen LogP contribution in [0.5, 0.6) is 0 Å². The fourth-order valence-electron chi connectivity index (χ4n) is 2.75. The quantitative estimate of drug-likeness (QED) is 0.589. The van der Waals surface area contributed by atoms with E-state index in [0.717, 1.165) is 27.1 Å². The first kappa shape index (κ1) is 13.6. The lowest BCUT2D eigenvalue weighted by Crippen LogP contribution is -2.09. The topological polar surface area (TPSA) is 46.5 Å². The standard InChI is InChI=1S/C18H16O3/c1-21-17(20)11-16(19)18-14-8-4-2-6-12(14)10-13-7-3-5-9-15(13)18/h2-10,16,19H,11H2,1H3. The van der Waals surface area contributed by atoms with Crippen molar-refractivity contribution in [3.8, 4) is 0 Å². The summed E-state index contributed by atoms with van der Waals surface area (Å²) >= 11 is 0. The lowest BCUT2D eigenvalue weighted by atomic mass is 9.92. The molecule has 3 nitrogen and oxygen atoms in total. The summed E-state index contributed by atoms with van der Waals surface area (Å²) < 4.78 is 4.67. The predicted molar refractivity (Wildman–Crippen MR) is 83.0 cm³/mol. The molecule has 3 rings (SSSR count). The summed E-state index contributed by atoms with van der Waals surface area (Å²) in [6.45, 7) is 0. The zero-order valence-corrected chi connectivity index (χ0v) is 11.7. The molecule has 106 valence electrons. The SMILES string of the molecule is COC(=O)CC(O)c1c2ccccc2cc2ccccc12. The molecule has 0 saturated carbocycles. The van der Waals surface area contributed by atoms with E-state index in [1.807, 2.05) is 48.5 Å². The molecule has 1 N–H and O–H groups in total. The lowest BCUT2D eigenvalue weighted by Gasteiger charge is -2.16. The molecule has 0 spiro atoms. The van der Waals surface area contributed by atoms with Crippen molar-refractivity contribution >= 4 is 27.5 Å². The number of hydrogen-bond acceptors (Lipinski definition) is 3. The number of benzene rings is 3. The summed E-state index contributed by atoms with van der Waals surface area (Å²) in [7, 11) is 1.33. The predicted octanol–water partition coefficient (Wildman–Crippen LogP) is 3.59. The Morgan fingerprint density at radius 2 is 1.57 bits per heavy atom. The number of ether oxygens (including phenoxy) is 1. The fraction of sp³-hybridized carbons (Fsp3) is 0.167. The van der Waals surface area contributed by atoms with Crippen LogP contribution in [0.3, 0.4) is 0 Å². The minimum Gasteiger partial charge on any atom is -0.469 e. The maximum absolute atomic E-state index is 11.5. The van der Waals surface area contributed by atoms with Crippen LogP contribution < -0.4 is 0 Å². The van der Waals surface area contributed by atoms with Crippen LogP contribution in [0.15, 0.2) is 54.6 Å². The van der Waals surface area contributed by atoms with Crippen molar-refractivity contribution in [2.24, 2.45) is 0 Å². The number of hydrogen-bond donors (Lipinski definition) is 1. The highest BCUT2D eigenvalue weighted by Crippen LogP contribution is 2.34. The highest BCUT2D eigenvalue weighted by atomic mass is 16.5. The number of aliphatic hydroxyl groups is 1. The number of aliphatic hydroxyl groups excluding tert-OH is 1. The number of rotatable bonds is 3. The Morgan fingerprint density at radius 1 is 1.05 bits per heavy atom. The molecule has 0 radical (unpaired) electrons. The summed E-state index contributed by atoms with van der Waals surface area (Å²) in [5, 5.41) is 14.6. The smallest absolute Gasteiger partial charge is 0.308 e. The van der Waals surface area contributed by atoms with Crippen molar-refractivity contribution in [1.29, 1.82) is 0 Å². The molecule has 0 bridgehead atoms. The molecule has 1 unspecified atom stereocenters. The maximum Gasteiger partial charge on any atom is 0.308 e. The molecule has 0 aliphatic rings. The van der Waals surface area contributed by atoms with E-state index in [9.17, 15) is 9.90 Å². The summed E-state index contributed by atoms with van der Waals surface area (Å²) in [6.07, 6.45) is -0.928. The minimum absolute atomic E-state index is 0.0471. The van der Waals surface area contributed by atoms with Gasteiger partial charge in [0, 0.05) is 0 Å². The Hall–Kier alpha value is -2.39. The van der Waals surface area contributed by atoms with Crippen molar-refractivity contribution in [3.63, 3.8) is 0 Å². The summed E-state index contributed by atoms with van der Waals surface area (Å²) in [5.74, 6) is -0.417. The molecule has 3 aromatic carbocycles. The minimum atomic E-state index is -0.881. The molecule has 0 fully saturated rings. The summed E-state index contributed by atoms with van der Waals surface area (Å²) in [6, 6.07) is 17.9. The third-order valence-electron chi connectivity index (χ3n) is 3.73. The van der Waals surface area contributed by atoms with Gasteiger partial charge in [-0.25, -0.2) is 0 Å². The molecule has 3 heteroatoms. The van der Waals surface area contributed by atoms with Crippen LogP contribution in [0.2, 0.25) is 0 Å². The lowest BCUT2D eigenvalue weighted by molar-refractivity contribution is -0.142. The first-order valence-electron chi connectivity index (χ1n) is 6.86. The Morgan fingerprint density at radius 3 is 2.10 bits per heavy atom. The van der Waals surface area contributed by atoms with Crippen molar-refractivity contribution in [2.45, 2.75) is 12.5 Å². The number of methoxy groups -OCH3 is 1. The third kappa shape index (κ3) is 2.48. The van der Waals surface area contributed by atoms with E-state index >= 15 is 0 Å². The first-order chi connectivity index (χ1) is 10.2. The van der Waals surface area contributed by atoms with E-state index in [0.29, 0.717) is 0 Å². The molecule has 0 amide bonds. The van der Waals surface area contributed by atoms with Gasteiger partial charge in [-0.15, -0.1) is 0 Å². The zero-order chi connectivity index (χ0) is 14.8. The average molecular weight is 280 g/mol. The van der Waals surface area contributed by atoms with E-state index in [1.54, 1.807) is 0 Å². The second-order valence-electron chi connectivity index (χ2n) is 5.03. The van der Waals surface area contributed by atoms with Gasteiger partial charge in [-0.05, 0) is 33.2 Å². The van der Waals surface area contributed by atoms with Gasteiger partial charge in [0.05, 0.1) is 19.6 Å². The molecular formula is C18H16O3. The maximum atomic E-state index is 11.5. The van der Waals surface area contributed by atoms with Gasteiger partial charge in [0.25, 0.3) is 0 Å². The highest BCUT2D eigenvalue weighted by Gasteiger charge is 2.18. The molecule has 0 saturated heterocycles. The summed E-state index contributed by atoms with van der Waals surface area (Å²) in [4.78, 5) is 11.5. The van der Waals surface area contributed by atoms with Crippen LogP contribution in [0.25, 0.3) is 21.5 Å². The Kier molecular flexibility index (Phi) is 3.59. The van der Waals surface area contributed by atoms with E-state index < -0.39 is 12.1 Å². The van der Waals surface area contributed by atoms with Crippen LogP contribution in [0.1, 0.15) is 18.1 Å². The molecule has 0 aliphatic carbocycles. The second kappa shape index (κ2) is 5.54. The molecule has 0 heterocycles. The van der Waals surface area contributed by atoms with Crippen molar-refractivity contribution in [2.75, 3.05) is 7.11 Å². The van der Waals surface area contributed by atoms with E-state index in [4.69, 9.17) is 0 Å². The second-order valence-corrected chi connectivity index (χ2v) is 5.03. The average Bonchev–Trinajstić information content (AvgIpc) is 2.52. The van der Waals surface area contributed by atoms with E-state index in [1.165, 1.54) is 7.11 Å². The molecule has 21 heavy (non-hydrogen) atoms. The Balaban J connectivity index is 2.27. The van der Waals surface area contributed by atoms with E-state index in [2.05, 4.69) is 10.8 Å². The van der Waals surface area contributed by atoms with Crippen molar-refractivity contribution in [3.05, 3.63) is 60.2 Å². The Labute approximate surface area is 122 Å². The highest BCUT2D eigenvalue weighted by molar-refractivity contribution is 6.02. The van der Waals surface area contributed by atoms with Gasteiger partial charge < -0.3 is 9.84 Å². The molecule has 1 atom stereocenters. The van der Waals surface area contributed by atoms with Gasteiger partial charge >= 0.3 is 5.97 Å². The van der Waals surface area contributed by atoms with Crippen LogP contribution >= 0.6 is 0 Å². The zero-order valence-electron chi connectivity index (χ0n) is 11.7. The van der Waals surface area contributed by atoms with Crippen LogP contribution in [-0.2, 0) is 9.53 Å². The number of carbonyl (C=O) groups is 1. The molecule has 3 aromatic rings. The van der Waals surface area contributed by atoms with Gasteiger partial charge in [0.2, 0.25) is 0 Å². The van der Waals surface area contributed by atoms with Crippen molar-refractivity contribution in [1.82, 2.24) is 0 Å². The van der Waals surface area contributed by atoms with Crippen LogP contribution in [-0.4, -0.2) is 18.2 Å². The fourth-order valence-corrected chi connectivity index (χ4v) is 2.75. The molecular weight excluding hydrogens is 264 g/mol. The van der Waals surface area contributed by atoms with Crippen molar-refractivity contribution < 1.29 is 14.6 Å².